The highest BCUT2D eigenvalue weighted by Gasteiger charge is 2.24. The van der Waals surface area contributed by atoms with Gasteiger partial charge in [-0.3, -0.25) is 14.9 Å². The van der Waals surface area contributed by atoms with Crippen LogP contribution in [-0.2, 0) is 0 Å². The first kappa shape index (κ1) is 12.6. The molecule has 5 heteroatoms. The number of nitro groups is 1. The van der Waals surface area contributed by atoms with E-state index < -0.39 is 10.2 Å². The van der Waals surface area contributed by atoms with Crippen LogP contribution in [0, 0.1) is 37.8 Å². The van der Waals surface area contributed by atoms with Gasteiger partial charge in [0.2, 0.25) is 0 Å². The van der Waals surface area contributed by atoms with E-state index in [-0.39, 0.29) is 5.69 Å². The molecule has 0 aliphatic heterocycles. The third kappa shape index (κ3) is 1.80. The van der Waals surface area contributed by atoms with Gasteiger partial charge in [0.05, 0.1) is 4.92 Å². The van der Waals surface area contributed by atoms with Crippen LogP contribution >= 0.6 is 11.6 Å². The molecule has 0 spiro atoms. The van der Waals surface area contributed by atoms with Crippen molar-refractivity contribution in [1.29, 1.82) is 0 Å². The van der Waals surface area contributed by atoms with E-state index in [2.05, 4.69) is 0 Å². The van der Waals surface area contributed by atoms with E-state index in [1.807, 2.05) is 0 Å². The monoisotopic (exact) mass is 241 g/mol. The SMILES string of the molecule is Cc1c(C)c([N+](=O)[O-])c(C)c(C)c1C(=O)Cl. The van der Waals surface area contributed by atoms with Gasteiger partial charge in [0, 0.05) is 16.7 Å². The molecule has 0 bridgehead atoms. The zero-order chi connectivity index (χ0) is 12.6. The van der Waals surface area contributed by atoms with Crippen molar-refractivity contribution >= 4 is 22.5 Å². The molecule has 0 amide bonds. The highest BCUT2D eigenvalue weighted by Crippen LogP contribution is 2.32. The summed E-state index contributed by atoms with van der Waals surface area (Å²) in [6, 6.07) is 0. The van der Waals surface area contributed by atoms with E-state index in [1.165, 1.54) is 0 Å². The van der Waals surface area contributed by atoms with Gasteiger partial charge in [0.1, 0.15) is 0 Å². The van der Waals surface area contributed by atoms with Gasteiger partial charge in [-0.1, -0.05) is 0 Å². The van der Waals surface area contributed by atoms with Crippen molar-refractivity contribution in [2.45, 2.75) is 27.7 Å². The highest BCUT2D eigenvalue weighted by molar-refractivity contribution is 6.68. The molecule has 0 unspecified atom stereocenters. The lowest BCUT2D eigenvalue weighted by Crippen LogP contribution is -2.07. The van der Waals surface area contributed by atoms with Crippen molar-refractivity contribution in [3.05, 3.63) is 37.9 Å². The summed E-state index contributed by atoms with van der Waals surface area (Å²) in [4.78, 5) is 21.8. The van der Waals surface area contributed by atoms with Gasteiger partial charge >= 0.3 is 0 Å². The molecule has 0 saturated carbocycles. The molecule has 1 aromatic rings. The van der Waals surface area contributed by atoms with Crippen LogP contribution in [0.3, 0.4) is 0 Å². The molecular weight excluding hydrogens is 230 g/mol. The van der Waals surface area contributed by atoms with Gasteiger partial charge < -0.3 is 0 Å². The quantitative estimate of drug-likeness (QED) is 0.454. The lowest BCUT2D eigenvalue weighted by Gasteiger charge is -2.12. The Labute approximate surface area is 98.4 Å². The van der Waals surface area contributed by atoms with Gasteiger partial charge in [0.25, 0.3) is 10.9 Å². The minimum atomic E-state index is -0.573. The molecule has 0 N–H and O–H groups in total. The van der Waals surface area contributed by atoms with Gasteiger partial charge in [-0.25, -0.2) is 0 Å². The summed E-state index contributed by atoms with van der Waals surface area (Å²) in [5, 5.41) is 10.3. The summed E-state index contributed by atoms with van der Waals surface area (Å²) in [5.74, 6) is 0. The van der Waals surface area contributed by atoms with E-state index >= 15 is 0 Å². The fourth-order valence-electron chi connectivity index (χ4n) is 1.86. The van der Waals surface area contributed by atoms with Crippen LogP contribution in [0.5, 0.6) is 0 Å². The summed E-state index contributed by atoms with van der Waals surface area (Å²) < 4.78 is 0. The van der Waals surface area contributed by atoms with E-state index in [4.69, 9.17) is 11.6 Å². The molecule has 0 aromatic heterocycles. The second-order valence-corrected chi connectivity index (χ2v) is 4.10. The molecule has 0 saturated heterocycles. The molecule has 86 valence electrons. The Bertz CT molecular complexity index is 420. The van der Waals surface area contributed by atoms with Crippen molar-refractivity contribution in [2.75, 3.05) is 0 Å². The number of rotatable bonds is 2. The number of halogens is 1. The summed E-state index contributed by atoms with van der Waals surface area (Å²) in [6.45, 7) is 6.60. The van der Waals surface area contributed by atoms with Crippen molar-refractivity contribution in [1.82, 2.24) is 0 Å². The number of carbonyl (C=O) groups is 1. The Morgan fingerprint density at radius 2 is 1.44 bits per heavy atom. The number of hydrogen-bond acceptors (Lipinski definition) is 3. The molecule has 0 fully saturated rings. The van der Waals surface area contributed by atoms with Crippen molar-refractivity contribution < 1.29 is 9.72 Å². The minimum absolute atomic E-state index is 0.0664. The number of carbonyl (C=O) groups excluding carboxylic acids is 1. The Hall–Kier alpha value is -1.42. The standard InChI is InChI=1S/C11H12ClNO3/c1-5-7(3)10(13(15)16)8(4)6(2)9(5)11(12)14/h1-4H3. The Morgan fingerprint density at radius 1 is 1.06 bits per heavy atom. The second kappa shape index (κ2) is 4.22. The molecule has 16 heavy (non-hydrogen) atoms. The van der Waals surface area contributed by atoms with Crippen molar-refractivity contribution in [3.63, 3.8) is 0 Å². The predicted molar refractivity (Wildman–Crippen MR) is 62.2 cm³/mol. The van der Waals surface area contributed by atoms with Crippen LogP contribution in [0.2, 0.25) is 0 Å². The molecular formula is C11H12ClNO3. The largest absolute Gasteiger partial charge is 0.276 e. The lowest BCUT2D eigenvalue weighted by molar-refractivity contribution is -0.386. The molecule has 0 aliphatic carbocycles. The zero-order valence-electron chi connectivity index (χ0n) is 9.55. The number of benzene rings is 1. The van der Waals surface area contributed by atoms with Gasteiger partial charge in [-0.15, -0.1) is 0 Å². The fourth-order valence-corrected chi connectivity index (χ4v) is 2.14. The highest BCUT2D eigenvalue weighted by atomic mass is 35.5. The minimum Gasteiger partial charge on any atom is -0.276 e. The van der Waals surface area contributed by atoms with Gasteiger partial charge in [-0.05, 0) is 50.4 Å². The average Bonchev–Trinajstić information content (AvgIpc) is 2.14. The van der Waals surface area contributed by atoms with E-state index in [1.54, 1.807) is 27.7 Å². The first-order valence-corrected chi connectivity index (χ1v) is 5.11. The average molecular weight is 242 g/mol. The first-order chi connectivity index (χ1) is 7.29. The fraction of sp³-hybridized carbons (Fsp3) is 0.364. The van der Waals surface area contributed by atoms with E-state index in [0.717, 1.165) is 0 Å². The summed E-state index contributed by atoms with van der Waals surface area (Å²) in [5.41, 5.74) is 2.60. The second-order valence-electron chi connectivity index (χ2n) is 3.75. The molecule has 1 aromatic carbocycles. The topological polar surface area (TPSA) is 60.2 Å². The molecule has 0 heterocycles. The Balaban J connectivity index is 3.77. The normalized spacial score (nSPS) is 10.3. The Morgan fingerprint density at radius 3 is 1.69 bits per heavy atom. The maximum atomic E-state index is 11.3. The summed E-state index contributed by atoms with van der Waals surface area (Å²) >= 11 is 5.48. The maximum Gasteiger partial charge on any atom is 0.275 e. The first-order valence-electron chi connectivity index (χ1n) is 4.73. The molecule has 4 nitrogen and oxygen atoms in total. The van der Waals surface area contributed by atoms with Crippen LogP contribution in [0.4, 0.5) is 5.69 Å². The lowest BCUT2D eigenvalue weighted by atomic mass is 9.93. The van der Waals surface area contributed by atoms with Crippen LogP contribution in [0.15, 0.2) is 0 Å². The van der Waals surface area contributed by atoms with Crippen molar-refractivity contribution in [3.8, 4) is 0 Å². The van der Waals surface area contributed by atoms with Gasteiger partial charge in [-0.2, -0.15) is 0 Å². The third-order valence-electron chi connectivity index (χ3n) is 2.96. The summed E-state index contributed by atoms with van der Waals surface area (Å²) in [7, 11) is 0. The number of hydrogen-bond donors (Lipinski definition) is 0. The van der Waals surface area contributed by atoms with E-state index in [9.17, 15) is 14.9 Å². The zero-order valence-corrected chi connectivity index (χ0v) is 10.3. The third-order valence-corrected chi connectivity index (χ3v) is 3.15. The maximum absolute atomic E-state index is 11.3. The van der Waals surface area contributed by atoms with Crippen LogP contribution < -0.4 is 0 Å². The molecule has 0 aliphatic rings. The molecule has 0 radical (unpaired) electrons. The molecule has 1 rings (SSSR count). The van der Waals surface area contributed by atoms with Crippen LogP contribution in [-0.4, -0.2) is 10.2 Å². The summed E-state index contributed by atoms with van der Waals surface area (Å²) in [6.07, 6.45) is 0. The van der Waals surface area contributed by atoms with Crippen molar-refractivity contribution in [2.24, 2.45) is 0 Å². The Kier molecular flexibility index (Phi) is 3.33. The van der Waals surface area contributed by atoms with Crippen LogP contribution in [0.25, 0.3) is 0 Å². The molecule has 0 atom stereocenters. The number of nitrogens with zero attached hydrogens (tertiary/aromatic N) is 1. The van der Waals surface area contributed by atoms with E-state index in [0.29, 0.717) is 27.8 Å². The smallest absolute Gasteiger partial charge is 0.275 e. The van der Waals surface area contributed by atoms with Crippen LogP contribution in [0.1, 0.15) is 32.6 Å². The predicted octanol–water partition coefficient (Wildman–Crippen LogP) is 3.21. The number of nitro benzene ring substituents is 1. The van der Waals surface area contributed by atoms with Gasteiger partial charge in [0.15, 0.2) is 0 Å².